The average molecular weight is 153 g/mol. The molecule has 2 nitrogen and oxygen atoms in total. The molecule has 60 valence electrons. The van der Waals surface area contributed by atoms with Gasteiger partial charge in [-0.25, -0.2) is 0 Å². The average Bonchev–Trinajstić information content (AvgIpc) is 2.05. The number of ether oxygens (including phenoxy) is 1. The minimum Gasteiger partial charge on any atom is -0.497 e. The van der Waals surface area contributed by atoms with Crippen molar-refractivity contribution < 1.29 is 4.74 Å². The van der Waals surface area contributed by atoms with Crippen LogP contribution in [-0.4, -0.2) is 7.11 Å². The molecule has 0 heterocycles. The number of nitrogens with two attached hydrogens (primary N) is 1. The Labute approximate surface area is 67.0 Å². The normalized spacial score (nSPS) is 12.6. The Balaban J connectivity index is 2.91. The predicted octanol–water partition coefficient (Wildman–Crippen LogP) is 1.71. The van der Waals surface area contributed by atoms with Gasteiger partial charge in [0, 0.05) is 6.04 Å². The van der Waals surface area contributed by atoms with Crippen LogP contribution in [0.2, 0.25) is 0 Å². The summed E-state index contributed by atoms with van der Waals surface area (Å²) in [5.41, 5.74) is 6.78. The fourth-order valence-corrected chi connectivity index (χ4v) is 0.925. The molecule has 0 aliphatic rings. The molecule has 0 radical (unpaired) electrons. The highest BCUT2D eigenvalue weighted by atomic mass is 16.5. The lowest BCUT2D eigenvalue weighted by Gasteiger charge is -2.06. The molecule has 0 aliphatic carbocycles. The van der Waals surface area contributed by atoms with Crippen molar-refractivity contribution in [3.8, 4) is 5.75 Å². The number of benzene rings is 1. The predicted molar refractivity (Wildman–Crippen MR) is 45.6 cm³/mol. The summed E-state index contributed by atoms with van der Waals surface area (Å²) < 4.78 is 5.05. The van der Waals surface area contributed by atoms with Gasteiger partial charge in [0.25, 0.3) is 0 Å². The largest absolute Gasteiger partial charge is 0.497 e. The maximum atomic E-state index is 5.68. The van der Waals surface area contributed by atoms with Gasteiger partial charge in [-0.05, 0) is 24.6 Å². The summed E-state index contributed by atoms with van der Waals surface area (Å²) in [5, 5.41) is 0. The molecule has 1 aromatic carbocycles. The van der Waals surface area contributed by atoms with Crippen LogP contribution in [0.1, 0.15) is 18.5 Å². The van der Waals surface area contributed by atoms with E-state index in [0.29, 0.717) is 0 Å². The van der Waals surface area contributed by atoms with Crippen LogP contribution in [0.4, 0.5) is 0 Å². The number of methoxy groups -OCH3 is 1. The summed E-state index contributed by atoms with van der Waals surface area (Å²) in [7, 11) is 1.65. The SMILES string of the molecule is COc1cccc([14C@H](C)N)c1. The van der Waals surface area contributed by atoms with Crippen LogP contribution in [0.25, 0.3) is 0 Å². The van der Waals surface area contributed by atoms with Crippen molar-refractivity contribution in [2.24, 2.45) is 5.73 Å². The van der Waals surface area contributed by atoms with Crippen molar-refractivity contribution in [1.29, 1.82) is 0 Å². The Morgan fingerprint density at radius 3 is 2.73 bits per heavy atom. The zero-order valence-corrected chi connectivity index (χ0v) is 6.87. The van der Waals surface area contributed by atoms with Gasteiger partial charge in [-0.1, -0.05) is 12.1 Å². The van der Waals surface area contributed by atoms with Crippen molar-refractivity contribution in [3.05, 3.63) is 29.8 Å². The van der Waals surface area contributed by atoms with E-state index in [2.05, 4.69) is 0 Å². The van der Waals surface area contributed by atoms with Gasteiger partial charge in [-0.3, -0.25) is 0 Å². The third kappa shape index (κ3) is 1.95. The van der Waals surface area contributed by atoms with E-state index in [1.54, 1.807) is 7.11 Å². The van der Waals surface area contributed by atoms with Crippen molar-refractivity contribution in [2.75, 3.05) is 7.11 Å². The highest BCUT2D eigenvalue weighted by molar-refractivity contribution is 5.29. The van der Waals surface area contributed by atoms with Gasteiger partial charge in [-0.2, -0.15) is 0 Å². The third-order valence-electron chi connectivity index (χ3n) is 1.62. The minimum atomic E-state index is 0.0742. The molecule has 0 aliphatic heterocycles. The topological polar surface area (TPSA) is 35.2 Å². The van der Waals surface area contributed by atoms with Gasteiger partial charge in [0.15, 0.2) is 0 Å². The molecule has 2 heteroatoms. The number of hydrogen-bond acceptors (Lipinski definition) is 2. The highest BCUT2D eigenvalue weighted by Crippen LogP contribution is 2.16. The van der Waals surface area contributed by atoms with Gasteiger partial charge in [-0.15, -0.1) is 0 Å². The Hall–Kier alpha value is -1.02. The number of rotatable bonds is 2. The molecule has 2 N–H and O–H groups in total. The van der Waals surface area contributed by atoms with E-state index in [-0.39, 0.29) is 6.04 Å². The van der Waals surface area contributed by atoms with Crippen molar-refractivity contribution >= 4 is 0 Å². The van der Waals surface area contributed by atoms with Crippen LogP contribution in [0.3, 0.4) is 0 Å². The van der Waals surface area contributed by atoms with Crippen LogP contribution >= 0.6 is 0 Å². The quantitative estimate of drug-likeness (QED) is 0.702. The molecule has 0 spiro atoms. The minimum absolute atomic E-state index is 0.0742. The molecule has 0 fully saturated rings. The maximum Gasteiger partial charge on any atom is 0.119 e. The molecule has 1 atom stereocenters. The van der Waals surface area contributed by atoms with Gasteiger partial charge in [0.1, 0.15) is 5.75 Å². The zero-order valence-electron chi connectivity index (χ0n) is 6.87. The fraction of sp³-hybridized carbons (Fsp3) is 0.333. The Kier molecular flexibility index (Phi) is 2.49. The van der Waals surface area contributed by atoms with Crippen LogP contribution in [0.5, 0.6) is 5.75 Å². The lowest BCUT2D eigenvalue weighted by atomic mass is 10.3. The number of hydrogen-bond donors (Lipinski definition) is 1. The first kappa shape index (κ1) is 8.08. The van der Waals surface area contributed by atoms with Crippen LogP contribution in [0, 0.1) is 0 Å². The molecule has 0 bridgehead atoms. The van der Waals surface area contributed by atoms with E-state index >= 15 is 0 Å². The lowest BCUT2D eigenvalue weighted by molar-refractivity contribution is 0.414. The summed E-state index contributed by atoms with van der Waals surface area (Å²) in [6, 6.07) is 7.87. The Morgan fingerprint density at radius 1 is 1.45 bits per heavy atom. The molecule has 0 aromatic heterocycles. The highest BCUT2D eigenvalue weighted by Gasteiger charge is 1.98. The monoisotopic (exact) mass is 153 g/mol. The standard InChI is InChI=1S/C9H13NO/c1-7(10)8-4-3-5-9(6-8)11-2/h3-7H,10H2,1-2H3/t7-/m0/s1/i7+2. The molecule has 0 saturated heterocycles. The second-order valence-corrected chi connectivity index (χ2v) is 2.57. The summed E-state index contributed by atoms with van der Waals surface area (Å²) >= 11 is 0. The molecular formula is C9H13NO. The summed E-state index contributed by atoms with van der Waals surface area (Å²) in [6.07, 6.45) is 0. The van der Waals surface area contributed by atoms with Gasteiger partial charge in [0.05, 0.1) is 7.11 Å². The van der Waals surface area contributed by atoms with Crippen LogP contribution < -0.4 is 10.5 Å². The molecule has 1 rings (SSSR count). The first-order valence-corrected chi connectivity index (χ1v) is 3.63. The molecule has 0 unspecified atom stereocenters. The second-order valence-electron chi connectivity index (χ2n) is 2.57. The summed E-state index contributed by atoms with van der Waals surface area (Å²) in [5.74, 6) is 0.861. The Bertz CT molecular complexity index is 233. The molecule has 11 heavy (non-hydrogen) atoms. The molecular weight excluding hydrogens is 140 g/mol. The van der Waals surface area contributed by atoms with Gasteiger partial charge in [0.2, 0.25) is 0 Å². The van der Waals surface area contributed by atoms with E-state index < -0.39 is 0 Å². The zero-order chi connectivity index (χ0) is 8.27. The molecule has 1 aromatic rings. The third-order valence-corrected chi connectivity index (χ3v) is 1.62. The fourth-order valence-electron chi connectivity index (χ4n) is 0.925. The lowest BCUT2D eigenvalue weighted by Crippen LogP contribution is -2.04. The smallest absolute Gasteiger partial charge is 0.119 e. The van der Waals surface area contributed by atoms with Crippen molar-refractivity contribution in [2.45, 2.75) is 13.0 Å². The van der Waals surface area contributed by atoms with Gasteiger partial charge < -0.3 is 10.5 Å². The second kappa shape index (κ2) is 3.39. The van der Waals surface area contributed by atoms with Crippen molar-refractivity contribution in [1.82, 2.24) is 0 Å². The summed E-state index contributed by atoms with van der Waals surface area (Å²) in [6.45, 7) is 1.95. The first-order chi connectivity index (χ1) is 5.24. The molecule has 0 amide bonds. The van der Waals surface area contributed by atoms with E-state index in [1.807, 2.05) is 31.2 Å². The summed E-state index contributed by atoms with van der Waals surface area (Å²) in [4.78, 5) is 0. The molecule has 0 saturated carbocycles. The van der Waals surface area contributed by atoms with Crippen LogP contribution in [0.15, 0.2) is 24.3 Å². The first-order valence-electron chi connectivity index (χ1n) is 3.63. The van der Waals surface area contributed by atoms with E-state index in [0.717, 1.165) is 11.3 Å². The Morgan fingerprint density at radius 2 is 2.18 bits per heavy atom. The van der Waals surface area contributed by atoms with E-state index in [1.165, 1.54) is 0 Å². The van der Waals surface area contributed by atoms with E-state index in [4.69, 9.17) is 10.5 Å². The van der Waals surface area contributed by atoms with Crippen molar-refractivity contribution in [3.63, 3.8) is 0 Å². The maximum absolute atomic E-state index is 5.68. The van der Waals surface area contributed by atoms with Crippen LogP contribution in [-0.2, 0) is 0 Å². The van der Waals surface area contributed by atoms with E-state index in [9.17, 15) is 0 Å². The van der Waals surface area contributed by atoms with Gasteiger partial charge >= 0.3 is 0 Å².